The summed E-state index contributed by atoms with van der Waals surface area (Å²) in [5, 5.41) is 3.52. The van der Waals surface area contributed by atoms with E-state index in [9.17, 15) is 0 Å². The summed E-state index contributed by atoms with van der Waals surface area (Å²) in [6, 6.07) is 15.8. The summed E-state index contributed by atoms with van der Waals surface area (Å²) < 4.78 is 0. The first-order chi connectivity index (χ1) is 15.5. The van der Waals surface area contributed by atoms with E-state index in [-0.39, 0.29) is 0 Å². The molecule has 1 N–H and O–H groups in total. The maximum absolute atomic E-state index is 4.89. The van der Waals surface area contributed by atoms with Crippen molar-refractivity contribution in [1.82, 2.24) is 20.2 Å². The second-order valence-corrected chi connectivity index (χ2v) is 9.28. The van der Waals surface area contributed by atoms with Crippen LogP contribution < -0.4 is 5.32 Å². The van der Waals surface area contributed by atoms with Gasteiger partial charge in [0.25, 0.3) is 0 Å². The molecule has 1 aromatic carbocycles. The lowest BCUT2D eigenvalue weighted by molar-refractivity contribution is 0.141. The minimum atomic E-state index is 0.314. The topological polar surface area (TPSA) is 41.1 Å². The number of aryl methyl sites for hydroxylation is 3. The Hall–Kier alpha value is -2.56. The van der Waals surface area contributed by atoms with Crippen molar-refractivity contribution in [2.45, 2.75) is 65.6 Å². The molecule has 2 aromatic heterocycles. The molecule has 0 spiro atoms. The average molecular weight is 429 g/mol. The first kappa shape index (κ1) is 22.6. The van der Waals surface area contributed by atoms with Gasteiger partial charge in [-0.25, -0.2) is 0 Å². The molecule has 1 aliphatic rings. The Morgan fingerprint density at radius 2 is 1.62 bits per heavy atom. The number of benzene rings is 1. The maximum atomic E-state index is 4.89. The Kier molecular flexibility index (Phi) is 7.33. The maximum Gasteiger partial charge on any atom is 0.0582 e. The molecule has 0 radical (unpaired) electrons. The van der Waals surface area contributed by atoms with Crippen LogP contribution in [0.3, 0.4) is 0 Å². The monoisotopic (exact) mass is 428 g/mol. The molecule has 3 heterocycles. The van der Waals surface area contributed by atoms with Gasteiger partial charge in [-0.1, -0.05) is 43.3 Å². The Morgan fingerprint density at radius 3 is 2.38 bits per heavy atom. The zero-order valence-corrected chi connectivity index (χ0v) is 19.9. The lowest BCUT2D eigenvalue weighted by atomic mass is 9.89. The second-order valence-electron chi connectivity index (χ2n) is 9.28. The van der Waals surface area contributed by atoms with Gasteiger partial charge in [0.2, 0.25) is 0 Å². The summed E-state index contributed by atoms with van der Waals surface area (Å²) in [6.07, 6.45) is 6.27. The van der Waals surface area contributed by atoms with Crippen LogP contribution >= 0.6 is 0 Å². The third-order valence-electron chi connectivity index (χ3n) is 6.90. The fraction of sp³-hybridized carbons (Fsp3) is 0.429. The predicted octanol–water partition coefficient (Wildman–Crippen LogP) is 5.31. The second kappa shape index (κ2) is 10.4. The minimum absolute atomic E-state index is 0.314. The van der Waals surface area contributed by atoms with E-state index in [0.717, 1.165) is 26.2 Å². The molecule has 3 aromatic rings. The highest BCUT2D eigenvalue weighted by atomic mass is 15.2. The van der Waals surface area contributed by atoms with E-state index < -0.39 is 0 Å². The van der Waals surface area contributed by atoms with E-state index in [0.29, 0.717) is 12.0 Å². The third kappa shape index (κ3) is 5.25. The van der Waals surface area contributed by atoms with Gasteiger partial charge in [0, 0.05) is 37.4 Å². The quantitative estimate of drug-likeness (QED) is 0.554. The van der Waals surface area contributed by atoms with Crippen molar-refractivity contribution in [3.05, 3.63) is 94.1 Å². The van der Waals surface area contributed by atoms with Crippen molar-refractivity contribution in [1.29, 1.82) is 0 Å². The Balaban J connectivity index is 1.64. The molecule has 4 nitrogen and oxygen atoms in total. The van der Waals surface area contributed by atoms with Gasteiger partial charge < -0.3 is 5.32 Å². The minimum Gasteiger partial charge on any atom is -0.317 e. The molecule has 0 amide bonds. The lowest BCUT2D eigenvalue weighted by Gasteiger charge is -2.35. The number of nitrogens with zero attached hydrogens (tertiary/aromatic N) is 3. The van der Waals surface area contributed by atoms with E-state index in [1.165, 1.54) is 52.0 Å². The summed E-state index contributed by atoms with van der Waals surface area (Å²) in [5.74, 6) is 0.314. The van der Waals surface area contributed by atoms with Gasteiger partial charge in [0.1, 0.15) is 0 Å². The highest BCUT2D eigenvalue weighted by Gasteiger charge is 2.25. The van der Waals surface area contributed by atoms with Crippen LogP contribution in [0.2, 0.25) is 0 Å². The van der Waals surface area contributed by atoms with E-state index in [4.69, 9.17) is 9.97 Å². The number of pyridine rings is 2. The molecular weight excluding hydrogens is 392 g/mol. The molecule has 32 heavy (non-hydrogen) atoms. The van der Waals surface area contributed by atoms with Crippen molar-refractivity contribution in [3.63, 3.8) is 0 Å². The highest BCUT2D eigenvalue weighted by Crippen LogP contribution is 2.30. The van der Waals surface area contributed by atoms with Gasteiger partial charge in [0.15, 0.2) is 0 Å². The molecular formula is C28H36N4. The number of nitrogens with one attached hydrogen (secondary N) is 1. The van der Waals surface area contributed by atoms with Gasteiger partial charge in [-0.3, -0.25) is 14.9 Å². The van der Waals surface area contributed by atoms with E-state index in [1.54, 1.807) is 0 Å². The van der Waals surface area contributed by atoms with Gasteiger partial charge in [-0.05, 0) is 80.6 Å². The first-order valence-electron chi connectivity index (χ1n) is 11.9. The predicted molar refractivity (Wildman–Crippen MR) is 132 cm³/mol. The normalized spacial score (nSPS) is 15.8. The smallest absolute Gasteiger partial charge is 0.0582 e. The zero-order valence-electron chi connectivity index (χ0n) is 19.9. The molecule has 0 aliphatic carbocycles. The van der Waals surface area contributed by atoms with Gasteiger partial charge in [-0.2, -0.15) is 0 Å². The molecule has 4 rings (SSSR count). The lowest BCUT2D eigenvalue weighted by Crippen LogP contribution is -2.43. The van der Waals surface area contributed by atoms with Crippen LogP contribution in [0.1, 0.15) is 64.9 Å². The number of rotatable bonds is 7. The largest absolute Gasteiger partial charge is 0.317 e. The van der Waals surface area contributed by atoms with Crippen LogP contribution in [0.5, 0.6) is 0 Å². The third-order valence-corrected chi connectivity index (χ3v) is 6.90. The van der Waals surface area contributed by atoms with Crippen LogP contribution in [-0.2, 0) is 13.1 Å². The van der Waals surface area contributed by atoms with E-state index in [2.05, 4.69) is 80.4 Å². The molecule has 0 saturated carbocycles. The van der Waals surface area contributed by atoms with Crippen LogP contribution in [0, 0.1) is 20.8 Å². The molecule has 1 atom stereocenters. The SMILES string of the molecule is Cc1cnc(CN(Cc2ncccc2C(C)c2ccccc2C)C2CCNCC2)c(C)c1. The van der Waals surface area contributed by atoms with Crippen LogP contribution in [0.25, 0.3) is 0 Å². The number of hydrogen-bond donors (Lipinski definition) is 1. The van der Waals surface area contributed by atoms with Crippen LogP contribution in [-0.4, -0.2) is 34.0 Å². The number of aromatic nitrogens is 2. The average Bonchev–Trinajstić information content (AvgIpc) is 2.81. The van der Waals surface area contributed by atoms with E-state index in [1.807, 2.05) is 12.4 Å². The molecule has 1 saturated heterocycles. The number of piperidine rings is 1. The zero-order chi connectivity index (χ0) is 22.5. The Bertz CT molecular complexity index is 1040. The standard InChI is InChI=1S/C28H36N4/c1-20-16-22(3)27(31-17-20)18-32(24-11-14-29-15-12-24)19-28-26(10-7-13-30-28)23(4)25-9-6-5-8-21(25)2/h5-10,13,16-17,23-24,29H,11-12,14-15,18-19H2,1-4H3. The van der Waals surface area contributed by atoms with Crippen molar-refractivity contribution >= 4 is 0 Å². The molecule has 0 bridgehead atoms. The molecule has 168 valence electrons. The van der Waals surface area contributed by atoms with Crippen LogP contribution in [0.4, 0.5) is 0 Å². The number of hydrogen-bond acceptors (Lipinski definition) is 4. The summed E-state index contributed by atoms with van der Waals surface area (Å²) in [5.41, 5.74) is 8.91. The van der Waals surface area contributed by atoms with Gasteiger partial charge >= 0.3 is 0 Å². The summed E-state index contributed by atoms with van der Waals surface area (Å²) >= 11 is 0. The van der Waals surface area contributed by atoms with E-state index >= 15 is 0 Å². The molecule has 1 fully saturated rings. The molecule has 1 aliphatic heterocycles. The molecule has 1 unspecified atom stereocenters. The fourth-order valence-electron chi connectivity index (χ4n) is 5.00. The first-order valence-corrected chi connectivity index (χ1v) is 11.9. The highest BCUT2D eigenvalue weighted by molar-refractivity contribution is 5.38. The van der Waals surface area contributed by atoms with Gasteiger partial charge in [-0.15, -0.1) is 0 Å². The van der Waals surface area contributed by atoms with Crippen molar-refractivity contribution in [2.24, 2.45) is 0 Å². The summed E-state index contributed by atoms with van der Waals surface area (Å²) in [7, 11) is 0. The fourth-order valence-corrected chi connectivity index (χ4v) is 5.00. The Morgan fingerprint density at radius 1 is 0.906 bits per heavy atom. The Labute approximate surface area is 193 Å². The summed E-state index contributed by atoms with van der Waals surface area (Å²) in [6.45, 7) is 12.7. The van der Waals surface area contributed by atoms with Crippen molar-refractivity contribution in [3.8, 4) is 0 Å². The van der Waals surface area contributed by atoms with Crippen molar-refractivity contribution < 1.29 is 0 Å². The molecule has 4 heteroatoms. The van der Waals surface area contributed by atoms with Crippen LogP contribution in [0.15, 0.2) is 54.9 Å². The summed E-state index contributed by atoms with van der Waals surface area (Å²) in [4.78, 5) is 12.3. The van der Waals surface area contributed by atoms with Gasteiger partial charge in [0.05, 0.1) is 11.4 Å². The van der Waals surface area contributed by atoms with Crippen molar-refractivity contribution in [2.75, 3.05) is 13.1 Å².